The third kappa shape index (κ3) is 3.83. The minimum atomic E-state index is 0.0551. The second-order valence-electron chi connectivity index (χ2n) is 4.95. The molecule has 1 saturated heterocycles. The maximum absolute atomic E-state index is 11.8. The van der Waals surface area contributed by atoms with Crippen LogP contribution >= 0.6 is 11.3 Å². The van der Waals surface area contributed by atoms with Crippen molar-refractivity contribution in [1.82, 2.24) is 20.3 Å². The van der Waals surface area contributed by atoms with E-state index in [0.29, 0.717) is 25.5 Å². The molecule has 0 spiro atoms. The molecule has 6 nitrogen and oxygen atoms in total. The molecule has 1 amide bonds. The van der Waals surface area contributed by atoms with Crippen LogP contribution in [0.15, 0.2) is 24.0 Å². The van der Waals surface area contributed by atoms with Gasteiger partial charge in [-0.3, -0.25) is 14.8 Å². The summed E-state index contributed by atoms with van der Waals surface area (Å²) < 4.78 is 5.27. The van der Waals surface area contributed by atoms with Crippen LogP contribution in [0.4, 0.5) is 0 Å². The van der Waals surface area contributed by atoms with Crippen LogP contribution in [0.3, 0.4) is 0 Å². The van der Waals surface area contributed by atoms with Crippen LogP contribution in [0.2, 0.25) is 0 Å². The Balaban J connectivity index is 1.51. The molecule has 2 aromatic heterocycles. The molecular formula is C14H16N4O2S. The van der Waals surface area contributed by atoms with Crippen LogP contribution in [0.5, 0.6) is 0 Å². The van der Waals surface area contributed by atoms with Crippen molar-refractivity contribution in [3.63, 3.8) is 0 Å². The molecule has 0 unspecified atom stereocenters. The van der Waals surface area contributed by atoms with Gasteiger partial charge in [0.25, 0.3) is 0 Å². The molecule has 110 valence electrons. The van der Waals surface area contributed by atoms with Crippen LogP contribution in [0.25, 0.3) is 10.7 Å². The fraction of sp³-hybridized carbons (Fsp3) is 0.429. The molecule has 1 fully saturated rings. The highest BCUT2D eigenvalue weighted by molar-refractivity contribution is 7.13. The summed E-state index contributed by atoms with van der Waals surface area (Å²) in [5.41, 5.74) is 1.60. The molecule has 0 aromatic carbocycles. The maximum atomic E-state index is 11.8. The van der Waals surface area contributed by atoms with E-state index in [1.165, 1.54) is 11.3 Å². The smallest absolute Gasteiger partial charge is 0.220 e. The molecule has 21 heavy (non-hydrogen) atoms. The summed E-state index contributed by atoms with van der Waals surface area (Å²) in [6.45, 7) is 1.91. The number of nitrogens with one attached hydrogen (secondary N) is 1. The first-order valence-electron chi connectivity index (χ1n) is 6.86. The fourth-order valence-electron chi connectivity index (χ4n) is 2.18. The topological polar surface area (TPSA) is 77.0 Å². The van der Waals surface area contributed by atoms with Gasteiger partial charge < -0.3 is 10.1 Å². The number of carbonyl (C=O) groups is 1. The van der Waals surface area contributed by atoms with Gasteiger partial charge in [0.05, 0.1) is 18.4 Å². The van der Waals surface area contributed by atoms with Crippen molar-refractivity contribution < 1.29 is 9.53 Å². The molecule has 1 aliphatic rings. The number of hydrogen-bond donors (Lipinski definition) is 1. The Labute approximate surface area is 126 Å². The van der Waals surface area contributed by atoms with E-state index in [0.717, 1.165) is 29.4 Å². The molecule has 7 heteroatoms. The van der Waals surface area contributed by atoms with E-state index in [-0.39, 0.29) is 5.91 Å². The second kappa shape index (κ2) is 6.73. The van der Waals surface area contributed by atoms with Crippen molar-refractivity contribution in [2.24, 2.45) is 5.92 Å². The van der Waals surface area contributed by atoms with E-state index in [2.05, 4.69) is 20.3 Å². The van der Waals surface area contributed by atoms with E-state index in [4.69, 9.17) is 4.74 Å². The Morgan fingerprint density at radius 1 is 1.48 bits per heavy atom. The zero-order chi connectivity index (χ0) is 14.5. The van der Waals surface area contributed by atoms with Gasteiger partial charge in [0, 0.05) is 37.4 Å². The van der Waals surface area contributed by atoms with Crippen molar-refractivity contribution >= 4 is 17.2 Å². The predicted molar refractivity (Wildman–Crippen MR) is 78.5 cm³/mol. The van der Waals surface area contributed by atoms with Crippen LogP contribution in [0.1, 0.15) is 18.5 Å². The summed E-state index contributed by atoms with van der Waals surface area (Å²) >= 11 is 1.50. The van der Waals surface area contributed by atoms with Gasteiger partial charge in [-0.05, 0) is 12.3 Å². The average molecular weight is 304 g/mol. The van der Waals surface area contributed by atoms with Crippen molar-refractivity contribution in [3.05, 3.63) is 29.7 Å². The summed E-state index contributed by atoms with van der Waals surface area (Å²) in [5.74, 6) is 0.412. The third-order valence-electron chi connectivity index (χ3n) is 3.30. The summed E-state index contributed by atoms with van der Waals surface area (Å²) in [5, 5.41) is 5.65. The minimum absolute atomic E-state index is 0.0551. The van der Waals surface area contributed by atoms with Crippen LogP contribution in [-0.4, -0.2) is 34.1 Å². The van der Waals surface area contributed by atoms with Gasteiger partial charge in [-0.2, -0.15) is 0 Å². The number of carbonyl (C=O) groups excluding carboxylic acids is 1. The average Bonchev–Trinajstić information content (AvgIpc) is 3.17. The first-order chi connectivity index (χ1) is 10.3. The number of nitrogens with zero attached hydrogens (tertiary/aromatic N) is 3. The van der Waals surface area contributed by atoms with E-state index >= 15 is 0 Å². The zero-order valence-corrected chi connectivity index (χ0v) is 12.3. The van der Waals surface area contributed by atoms with Gasteiger partial charge in [0.15, 0.2) is 0 Å². The van der Waals surface area contributed by atoms with Gasteiger partial charge in [0.1, 0.15) is 10.7 Å². The minimum Gasteiger partial charge on any atom is -0.381 e. The number of hydrogen-bond acceptors (Lipinski definition) is 6. The number of amides is 1. The molecule has 2 aromatic rings. The quantitative estimate of drug-likeness (QED) is 0.908. The third-order valence-corrected chi connectivity index (χ3v) is 4.21. The molecule has 0 radical (unpaired) electrons. The Morgan fingerprint density at radius 3 is 3.19 bits per heavy atom. The molecular weight excluding hydrogens is 288 g/mol. The molecule has 3 rings (SSSR count). The van der Waals surface area contributed by atoms with Crippen molar-refractivity contribution in [3.8, 4) is 10.7 Å². The molecule has 1 aliphatic heterocycles. The van der Waals surface area contributed by atoms with E-state index in [9.17, 15) is 4.79 Å². The SMILES string of the molecule is O=C(C[C@H]1CCOC1)NCc1csc(-c2cnccn2)n1. The lowest BCUT2D eigenvalue weighted by Gasteiger charge is -2.07. The van der Waals surface area contributed by atoms with E-state index < -0.39 is 0 Å². The summed E-state index contributed by atoms with van der Waals surface area (Å²) in [6.07, 6.45) is 6.45. The van der Waals surface area contributed by atoms with Gasteiger partial charge in [-0.15, -0.1) is 11.3 Å². The number of aromatic nitrogens is 3. The number of rotatable bonds is 5. The van der Waals surface area contributed by atoms with Gasteiger partial charge >= 0.3 is 0 Å². The first kappa shape index (κ1) is 14.1. The Kier molecular flexibility index (Phi) is 4.52. The highest BCUT2D eigenvalue weighted by Crippen LogP contribution is 2.20. The highest BCUT2D eigenvalue weighted by atomic mass is 32.1. The van der Waals surface area contributed by atoms with Gasteiger partial charge in [-0.1, -0.05) is 0 Å². The van der Waals surface area contributed by atoms with Crippen LogP contribution in [-0.2, 0) is 16.1 Å². The molecule has 1 N–H and O–H groups in total. The standard InChI is InChI=1S/C14H16N4O2S/c19-13(5-10-1-4-20-8-10)17-6-11-9-21-14(18-11)12-7-15-2-3-16-12/h2-3,7,9-10H,1,4-6,8H2,(H,17,19)/t10-/m1/s1. The lowest BCUT2D eigenvalue weighted by atomic mass is 10.1. The lowest BCUT2D eigenvalue weighted by molar-refractivity contribution is -0.122. The fourth-order valence-corrected chi connectivity index (χ4v) is 2.96. The van der Waals surface area contributed by atoms with E-state index in [1.54, 1.807) is 18.6 Å². The Bertz CT molecular complexity index is 596. The summed E-state index contributed by atoms with van der Waals surface area (Å²) in [7, 11) is 0. The molecule has 0 bridgehead atoms. The summed E-state index contributed by atoms with van der Waals surface area (Å²) in [4.78, 5) is 24.5. The largest absolute Gasteiger partial charge is 0.381 e. The maximum Gasteiger partial charge on any atom is 0.220 e. The van der Waals surface area contributed by atoms with Crippen molar-refractivity contribution in [1.29, 1.82) is 0 Å². The first-order valence-corrected chi connectivity index (χ1v) is 7.74. The molecule has 0 aliphatic carbocycles. The Morgan fingerprint density at radius 2 is 2.43 bits per heavy atom. The van der Waals surface area contributed by atoms with Crippen molar-refractivity contribution in [2.45, 2.75) is 19.4 Å². The lowest BCUT2D eigenvalue weighted by Crippen LogP contribution is -2.25. The molecule has 0 saturated carbocycles. The van der Waals surface area contributed by atoms with Crippen molar-refractivity contribution in [2.75, 3.05) is 13.2 Å². The summed E-state index contributed by atoms with van der Waals surface area (Å²) in [6, 6.07) is 0. The number of ether oxygens (including phenoxy) is 1. The zero-order valence-electron chi connectivity index (χ0n) is 11.5. The molecule has 3 heterocycles. The number of thiazole rings is 1. The van der Waals surface area contributed by atoms with Gasteiger partial charge in [-0.25, -0.2) is 4.98 Å². The van der Waals surface area contributed by atoms with Crippen LogP contribution in [0, 0.1) is 5.92 Å². The van der Waals surface area contributed by atoms with E-state index in [1.807, 2.05) is 5.38 Å². The predicted octanol–water partition coefficient (Wildman–Crippen LogP) is 1.64. The Hall–Kier alpha value is -1.86. The highest BCUT2D eigenvalue weighted by Gasteiger charge is 2.19. The molecule has 1 atom stereocenters. The normalized spacial score (nSPS) is 17.8. The van der Waals surface area contributed by atoms with Crippen LogP contribution < -0.4 is 5.32 Å². The van der Waals surface area contributed by atoms with Gasteiger partial charge in [0.2, 0.25) is 5.91 Å². The second-order valence-corrected chi connectivity index (χ2v) is 5.80. The monoisotopic (exact) mass is 304 g/mol.